The molecule has 1 N–H and O–H groups in total. The maximum atomic E-state index is 13.4. The number of halogens is 2. The Morgan fingerprint density at radius 2 is 1.94 bits per heavy atom. The fraction of sp³-hybridized carbons (Fsp3) is 0.476. The van der Waals surface area contributed by atoms with Crippen LogP contribution in [0.1, 0.15) is 41.0 Å². The number of carbonyl (C=O) groups is 1. The zero-order valence-electron chi connectivity index (χ0n) is 19.9. The lowest BCUT2D eigenvalue weighted by Gasteiger charge is -2.14. The summed E-state index contributed by atoms with van der Waals surface area (Å²) in [7, 11) is 1.84. The van der Waals surface area contributed by atoms with Gasteiger partial charge in [0.1, 0.15) is 11.4 Å². The van der Waals surface area contributed by atoms with Gasteiger partial charge in [-0.3, -0.25) is 9.32 Å². The monoisotopic (exact) mass is 561 g/mol. The van der Waals surface area contributed by atoms with E-state index in [9.17, 15) is 14.0 Å². The second-order valence-corrected chi connectivity index (χ2v) is 9.55. The molecule has 2 aromatic heterocycles. The number of aromatic nitrogens is 4. The topological polar surface area (TPSA) is 125 Å². The molecular weight excluding hydrogens is 533 g/mol. The Morgan fingerprint density at radius 1 is 1.26 bits per heavy atom. The van der Waals surface area contributed by atoms with Crippen molar-refractivity contribution >= 4 is 34.2 Å². The van der Waals surface area contributed by atoms with Crippen molar-refractivity contribution in [1.29, 1.82) is 0 Å². The van der Waals surface area contributed by atoms with Gasteiger partial charge in [0, 0.05) is 12.3 Å². The van der Waals surface area contributed by atoms with Crippen molar-refractivity contribution in [3.8, 4) is 17.2 Å². The Morgan fingerprint density at radius 3 is 2.47 bits per heavy atom. The SMILES string of the molecule is CC(C)(C)OC=O.CCC.CNCCSc1nonc1-c1noc(=O)n1-c1ccc(F)c(Br)c1. The third-order valence-corrected chi connectivity index (χ3v) is 4.99. The van der Waals surface area contributed by atoms with Crippen LogP contribution >= 0.6 is 27.7 Å². The Kier molecular flexibility index (Phi) is 12.8. The Balaban J connectivity index is 0.000000491. The number of benzene rings is 1. The summed E-state index contributed by atoms with van der Waals surface area (Å²) in [5, 5.41) is 14.9. The molecule has 0 saturated heterocycles. The molecule has 0 saturated carbocycles. The molecule has 0 aliphatic carbocycles. The van der Waals surface area contributed by atoms with Crippen molar-refractivity contribution in [2.75, 3.05) is 19.3 Å². The molecule has 3 rings (SSSR count). The normalized spacial score (nSPS) is 10.6. The molecule has 3 aromatic rings. The molecular formula is C21H29BrFN5O5S. The van der Waals surface area contributed by atoms with Gasteiger partial charge in [0.15, 0.2) is 10.7 Å². The smallest absolute Gasteiger partial charge is 0.446 e. The predicted molar refractivity (Wildman–Crippen MR) is 131 cm³/mol. The van der Waals surface area contributed by atoms with Crippen LogP contribution in [-0.4, -0.2) is 51.5 Å². The first-order chi connectivity index (χ1) is 16.1. The summed E-state index contributed by atoms with van der Waals surface area (Å²) in [6.07, 6.45) is 1.25. The third-order valence-electron chi connectivity index (χ3n) is 3.43. The summed E-state index contributed by atoms with van der Waals surface area (Å²) in [5.41, 5.74) is 0.336. The molecule has 0 unspecified atom stereocenters. The number of carbonyl (C=O) groups excluding carboxylic acids is 1. The van der Waals surface area contributed by atoms with E-state index in [2.05, 4.69) is 55.3 Å². The van der Waals surface area contributed by atoms with Crippen LogP contribution in [0.2, 0.25) is 0 Å². The van der Waals surface area contributed by atoms with Crippen molar-refractivity contribution in [2.24, 2.45) is 0 Å². The van der Waals surface area contributed by atoms with Gasteiger partial charge >= 0.3 is 5.76 Å². The molecule has 0 atom stereocenters. The van der Waals surface area contributed by atoms with E-state index in [1.807, 2.05) is 27.8 Å². The highest BCUT2D eigenvalue weighted by molar-refractivity contribution is 9.10. The second-order valence-electron chi connectivity index (χ2n) is 7.61. The maximum Gasteiger partial charge on any atom is 0.446 e. The van der Waals surface area contributed by atoms with E-state index in [0.29, 0.717) is 17.2 Å². The standard InChI is InChI=1S/C13H11BrFN5O3S.C5H10O2.C3H8/c1-16-4-5-24-12-10(17-23-19-12)11-18-22-13(21)20(11)7-2-3-9(15)8(14)6-7;1-5(2,3)7-4-6;1-3-2/h2-3,6,16H,4-5H2,1H3;4H,1-3H3;3H2,1-2H3. The highest BCUT2D eigenvalue weighted by Gasteiger charge is 2.23. The van der Waals surface area contributed by atoms with Crippen molar-refractivity contribution in [3.05, 3.63) is 39.0 Å². The van der Waals surface area contributed by atoms with Crippen LogP contribution in [0.15, 0.2) is 41.6 Å². The first-order valence-electron chi connectivity index (χ1n) is 10.3. The summed E-state index contributed by atoms with van der Waals surface area (Å²) in [6.45, 7) is 10.9. The number of rotatable bonds is 7. The zero-order valence-corrected chi connectivity index (χ0v) is 22.3. The van der Waals surface area contributed by atoms with Crippen LogP contribution in [0.25, 0.3) is 17.2 Å². The summed E-state index contributed by atoms with van der Waals surface area (Å²) >= 11 is 4.48. The molecule has 0 fully saturated rings. The number of hydrogen-bond acceptors (Lipinski definition) is 10. The quantitative estimate of drug-likeness (QED) is 0.251. The zero-order chi connectivity index (χ0) is 25.7. The number of thioether (sulfide) groups is 1. The molecule has 0 spiro atoms. The van der Waals surface area contributed by atoms with Crippen molar-refractivity contribution in [1.82, 2.24) is 25.4 Å². The first kappa shape index (κ1) is 29.5. The van der Waals surface area contributed by atoms with E-state index in [0.717, 1.165) is 12.3 Å². The molecule has 0 aliphatic rings. The fourth-order valence-corrected chi connectivity index (χ4v) is 3.27. The molecule has 188 valence electrons. The lowest BCUT2D eigenvalue weighted by Crippen LogP contribution is -2.17. The summed E-state index contributed by atoms with van der Waals surface area (Å²) < 4.78 is 28.9. The average Bonchev–Trinajstić information content (AvgIpc) is 3.37. The third kappa shape index (κ3) is 9.39. The summed E-state index contributed by atoms with van der Waals surface area (Å²) in [5.74, 6) is -0.317. The van der Waals surface area contributed by atoms with E-state index in [1.165, 1.54) is 40.9 Å². The van der Waals surface area contributed by atoms with E-state index in [1.54, 1.807) is 0 Å². The van der Waals surface area contributed by atoms with Gasteiger partial charge in [0.25, 0.3) is 6.47 Å². The molecule has 2 heterocycles. The summed E-state index contributed by atoms with van der Waals surface area (Å²) in [6, 6.07) is 4.11. The molecule has 1 aromatic carbocycles. The minimum absolute atomic E-state index is 0.131. The van der Waals surface area contributed by atoms with Crippen LogP contribution in [0, 0.1) is 5.82 Å². The molecule has 0 radical (unpaired) electrons. The van der Waals surface area contributed by atoms with E-state index >= 15 is 0 Å². The fourth-order valence-electron chi connectivity index (χ4n) is 2.06. The number of hydrogen-bond donors (Lipinski definition) is 1. The molecule has 13 heteroatoms. The minimum atomic E-state index is -0.724. The number of ether oxygens (including phenoxy) is 1. The van der Waals surface area contributed by atoms with E-state index in [4.69, 9.17) is 9.15 Å². The second kappa shape index (κ2) is 14.7. The highest BCUT2D eigenvalue weighted by atomic mass is 79.9. The van der Waals surface area contributed by atoms with Crippen LogP contribution in [-0.2, 0) is 9.53 Å². The lowest BCUT2D eigenvalue weighted by atomic mass is 10.2. The predicted octanol–water partition coefficient (Wildman–Crippen LogP) is 4.46. The number of nitrogens with one attached hydrogen (secondary N) is 1. The van der Waals surface area contributed by atoms with E-state index < -0.39 is 11.6 Å². The van der Waals surface area contributed by atoms with Gasteiger partial charge in [-0.2, -0.15) is 0 Å². The van der Waals surface area contributed by atoms with Crippen molar-refractivity contribution in [3.63, 3.8) is 0 Å². The molecule has 0 bridgehead atoms. The molecule has 0 amide bonds. The average molecular weight is 562 g/mol. The minimum Gasteiger partial charge on any atom is -0.462 e. The van der Waals surface area contributed by atoms with Gasteiger partial charge in [0.2, 0.25) is 5.82 Å². The van der Waals surface area contributed by atoms with Crippen LogP contribution in [0.5, 0.6) is 0 Å². The summed E-state index contributed by atoms with van der Waals surface area (Å²) in [4.78, 5) is 21.6. The van der Waals surface area contributed by atoms with Crippen molar-refractivity contribution in [2.45, 2.75) is 51.7 Å². The molecule has 0 aliphatic heterocycles. The van der Waals surface area contributed by atoms with Gasteiger partial charge in [-0.15, -0.1) is 0 Å². The van der Waals surface area contributed by atoms with Gasteiger partial charge in [-0.25, -0.2) is 18.4 Å². The Labute approximate surface area is 209 Å². The maximum absolute atomic E-state index is 13.4. The van der Waals surface area contributed by atoms with Gasteiger partial charge in [-0.1, -0.05) is 37.2 Å². The first-order valence-corrected chi connectivity index (χ1v) is 12.1. The number of nitrogens with zero attached hydrogens (tertiary/aromatic N) is 4. The highest BCUT2D eigenvalue weighted by Crippen LogP contribution is 2.28. The van der Waals surface area contributed by atoms with Crippen LogP contribution < -0.4 is 11.1 Å². The molecule has 34 heavy (non-hydrogen) atoms. The molecule has 10 nitrogen and oxygen atoms in total. The van der Waals surface area contributed by atoms with Gasteiger partial charge in [-0.05, 0) is 72.3 Å². The van der Waals surface area contributed by atoms with Crippen LogP contribution in [0.3, 0.4) is 0 Å². The van der Waals surface area contributed by atoms with E-state index in [-0.39, 0.29) is 21.6 Å². The lowest BCUT2D eigenvalue weighted by molar-refractivity contribution is -0.138. The Hall–Kier alpha value is -2.51. The Bertz CT molecular complexity index is 1080. The van der Waals surface area contributed by atoms with Crippen LogP contribution in [0.4, 0.5) is 4.39 Å². The van der Waals surface area contributed by atoms with Gasteiger partial charge < -0.3 is 10.1 Å². The van der Waals surface area contributed by atoms with Gasteiger partial charge in [0.05, 0.1) is 10.2 Å². The van der Waals surface area contributed by atoms with Crippen molar-refractivity contribution < 1.29 is 23.1 Å². The largest absolute Gasteiger partial charge is 0.462 e.